The number of hydrogen-bond acceptors (Lipinski definition) is 11. The average Bonchev–Trinajstić information content (AvgIpc) is 4.05. The van der Waals surface area contributed by atoms with Crippen molar-refractivity contribution in [1.82, 2.24) is 41.7 Å². The average molecular weight is 965 g/mol. The SMILES string of the molecule is C[C@@H]1NC(=O)[C@H](CN)NC(=O)[C@H](Cc2ccccc2)NC(=O)[C@H](Cc2ccc(O)cc2)NC(=O)[C@H](CCCN=C(N)N)NC(=O)[C@@H]2CCCN2C(=O)[C@H]2CCCN2C(=O)[C@H](Cc2ccccc2)NC1=O. The van der Waals surface area contributed by atoms with Crippen molar-refractivity contribution in [3.8, 4) is 5.75 Å². The van der Waals surface area contributed by atoms with Crippen molar-refractivity contribution < 1.29 is 43.5 Å². The molecule has 3 aliphatic heterocycles. The first-order valence-electron chi connectivity index (χ1n) is 23.7. The van der Waals surface area contributed by atoms with Crippen LogP contribution in [0.4, 0.5) is 0 Å². The summed E-state index contributed by atoms with van der Waals surface area (Å²) >= 11 is 0. The Morgan fingerprint density at radius 1 is 0.557 bits per heavy atom. The zero-order valence-electron chi connectivity index (χ0n) is 39.2. The molecule has 0 aliphatic carbocycles. The van der Waals surface area contributed by atoms with Gasteiger partial charge in [0.25, 0.3) is 0 Å². The van der Waals surface area contributed by atoms with Gasteiger partial charge in [-0.05, 0) is 74.3 Å². The predicted octanol–water partition coefficient (Wildman–Crippen LogP) is -1.64. The molecule has 21 heteroatoms. The van der Waals surface area contributed by atoms with Crippen molar-refractivity contribution in [3.63, 3.8) is 0 Å². The van der Waals surface area contributed by atoms with E-state index in [0.717, 1.165) is 5.56 Å². The second-order valence-electron chi connectivity index (χ2n) is 17.8. The molecule has 3 fully saturated rings. The van der Waals surface area contributed by atoms with Crippen molar-refractivity contribution in [2.24, 2.45) is 22.2 Å². The highest BCUT2D eigenvalue weighted by Gasteiger charge is 2.44. The monoisotopic (exact) mass is 964 g/mol. The van der Waals surface area contributed by atoms with Crippen LogP contribution in [0.2, 0.25) is 0 Å². The maximum atomic E-state index is 14.6. The van der Waals surface area contributed by atoms with Crippen LogP contribution in [-0.4, -0.2) is 143 Å². The molecule has 3 aliphatic rings. The summed E-state index contributed by atoms with van der Waals surface area (Å²) in [5, 5.41) is 26.3. The predicted molar refractivity (Wildman–Crippen MR) is 258 cm³/mol. The zero-order chi connectivity index (χ0) is 50.3. The van der Waals surface area contributed by atoms with E-state index in [1.54, 1.807) is 66.7 Å². The van der Waals surface area contributed by atoms with Crippen LogP contribution in [0.3, 0.4) is 0 Å². The number of nitrogens with zero attached hydrogens (tertiary/aromatic N) is 3. The molecule has 8 amide bonds. The highest BCUT2D eigenvalue weighted by atomic mass is 16.3. The molecule has 0 spiro atoms. The van der Waals surface area contributed by atoms with Crippen molar-refractivity contribution in [2.75, 3.05) is 26.2 Å². The van der Waals surface area contributed by atoms with Crippen LogP contribution in [0.15, 0.2) is 89.9 Å². The molecule has 21 nitrogen and oxygen atoms in total. The number of guanidine groups is 1. The molecule has 0 unspecified atom stereocenters. The van der Waals surface area contributed by atoms with Gasteiger partial charge in [-0.3, -0.25) is 43.3 Å². The Labute approximate surface area is 406 Å². The van der Waals surface area contributed by atoms with E-state index in [0.29, 0.717) is 30.4 Å². The van der Waals surface area contributed by atoms with Crippen molar-refractivity contribution >= 4 is 53.2 Å². The lowest BCUT2D eigenvalue weighted by Gasteiger charge is -2.33. The van der Waals surface area contributed by atoms with Gasteiger partial charge in [0.05, 0.1) is 0 Å². The molecule has 0 saturated carbocycles. The first-order valence-corrected chi connectivity index (χ1v) is 23.7. The van der Waals surface area contributed by atoms with Gasteiger partial charge in [0.1, 0.15) is 54.1 Å². The number of rotatable bonds is 11. The summed E-state index contributed by atoms with van der Waals surface area (Å²) in [4.78, 5) is 121. The Kier molecular flexibility index (Phi) is 18.3. The summed E-state index contributed by atoms with van der Waals surface area (Å²) in [5.41, 5.74) is 19.0. The van der Waals surface area contributed by atoms with Gasteiger partial charge in [-0.2, -0.15) is 0 Å². The lowest BCUT2D eigenvalue weighted by molar-refractivity contribution is -0.148. The number of benzene rings is 3. The zero-order valence-corrected chi connectivity index (χ0v) is 39.2. The van der Waals surface area contributed by atoms with E-state index in [1.807, 2.05) is 6.07 Å². The molecule has 0 aromatic heterocycles. The number of phenols is 1. The molecule has 0 bridgehead atoms. The number of hydrogen-bond donors (Lipinski definition) is 10. The van der Waals surface area contributed by atoms with Gasteiger partial charge in [-0.15, -0.1) is 0 Å². The number of nitrogens with two attached hydrogens (primary N) is 3. The van der Waals surface area contributed by atoms with E-state index in [9.17, 15) is 43.5 Å². The summed E-state index contributed by atoms with van der Waals surface area (Å²) < 4.78 is 0. The molecule has 3 aromatic carbocycles. The van der Waals surface area contributed by atoms with Crippen molar-refractivity contribution in [2.45, 2.75) is 113 Å². The van der Waals surface area contributed by atoms with E-state index in [1.165, 1.54) is 28.9 Å². The smallest absolute Gasteiger partial charge is 0.246 e. The molecule has 70 heavy (non-hydrogen) atoms. The van der Waals surface area contributed by atoms with Gasteiger partial charge in [-0.25, -0.2) is 0 Å². The van der Waals surface area contributed by atoms with Gasteiger partial charge < -0.3 is 64.0 Å². The van der Waals surface area contributed by atoms with Crippen LogP contribution in [0.25, 0.3) is 0 Å². The Bertz CT molecular complexity index is 2370. The standard InChI is InChI=1S/C49H64N12O9/c1-29-41(63)58-37(27-31-13-6-3-7-14-31)47(69)61-24-10-17-40(61)48(70)60-23-9-16-39(60)46(68)55-34(15-8-22-53-49(51)52)42(64)56-36(26-32-18-20-33(62)21-19-32)43(65)57-35(25-30-11-4-2-5-12-30)44(66)59-38(28-50)45(67)54-29/h2-7,11-14,18-21,29,34-40,62H,8-10,15-17,22-28,50H2,1H3,(H,54,67)(H,55,68)(H,56,64)(H,57,65)(H,58,63)(H,59,66)(H4,51,52,53)/t29-,34-,35-,36-,37-,38-,39-,40+/m0/s1. The topological polar surface area (TPSA) is 326 Å². The number of fused-ring (bicyclic) bond motifs is 2. The minimum atomic E-state index is -1.40. The summed E-state index contributed by atoms with van der Waals surface area (Å²) in [6, 6.07) is 13.9. The van der Waals surface area contributed by atoms with E-state index in [-0.39, 0.29) is 69.9 Å². The first-order chi connectivity index (χ1) is 33.6. The van der Waals surface area contributed by atoms with E-state index in [2.05, 4.69) is 36.9 Å². The number of phenolic OH excluding ortho intramolecular Hbond substituents is 1. The van der Waals surface area contributed by atoms with Gasteiger partial charge >= 0.3 is 0 Å². The third-order valence-electron chi connectivity index (χ3n) is 12.7. The fourth-order valence-electron chi connectivity index (χ4n) is 8.93. The van der Waals surface area contributed by atoms with E-state index < -0.39 is 102 Å². The minimum absolute atomic E-state index is 0.00217. The van der Waals surface area contributed by atoms with Gasteiger partial charge in [0, 0.05) is 45.4 Å². The molecule has 3 saturated heterocycles. The number of amides is 8. The van der Waals surface area contributed by atoms with Gasteiger partial charge in [0.2, 0.25) is 47.3 Å². The third kappa shape index (κ3) is 14.0. The van der Waals surface area contributed by atoms with Crippen molar-refractivity contribution in [1.29, 1.82) is 0 Å². The highest BCUT2D eigenvalue weighted by Crippen LogP contribution is 2.27. The number of carbonyl (C=O) groups excluding carboxylic acids is 8. The lowest BCUT2D eigenvalue weighted by atomic mass is 10.0. The summed E-state index contributed by atoms with van der Waals surface area (Å²) in [5.74, 6) is -5.74. The van der Waals surface area contributed by atoms with E-state index in [4.69, 9.17) is 17.2 Å². The second-order valence-corrected chi connectivity index (χ2v) is 17.8. The number of nitrogens with one attached hydrogen (secondary N) is 6. The van der Waals surface area contributed by atoms with Crippen LogP contribution < -0.4 is 49.1 Å². The molecule has 3 aromatic rings. The summed E-state index contributed by atoms with van der Waals surface area (Å²) in [6.07, 6.45) is 1.56. The van der Waals surface area contributed by atoms with Crippen molar-refractivity contribution in [3.05, 3.63) is 102 Å². The third-order valence-corrected chi connectivity index (χ3v) is 12.7. The molecule has 374 valence electrons. The number of aromatic hydroxyl groups is 1. The summed E-state index contributed by atoms with van der Waals surface area (Å²) in [6.45, 7) is 1.50. The molecule has 0 radical (unpaired) electrons. The second kappa shape index (κ2) is 24.6. The van der Waals surface area contributed by atoms with Gasteiger partial charge in [0.15, 0.2) is 5.96 Å². The lowest BCUT2D eigenvalue weighted by Crippen LogP contribution is -2.62. The Balaban J connectivity index is 1.38. The number of carbonyl (C=O) groups is 8. The van der Waals surface area contributed by atoms with E-state index >= 15 is 0 Å². The fraction of sp³-hybridized carbons (Fsp3) is 0.449. The molecule has 3 heterocycles. The van der Waals surface area contributed by atoms with Crippen LogP contribution >= 0.6 is 0 Å². The van der Waals surface area contributed by atoms with Gasteiger partial charge in [-0.1, -0.05) is 72.8 Å². The molecular formula is C49H64N12O9. The highest BCUT2D eigenvalue weighted by molar-refractivity contribution is 5.99. The quantitative estimate of drug-likeness (QED) is 0.0588. The Hall–Kier alpha value is -7.55. The maximum Gasteiger partial charge on any atom is 0.246 e. The van der Waals surface area contributed by atoms with Crippen LogP contribution in [0, 0.1) is 0 Å². The normalized spacial score (nSPS) is 25.5. The molecule has 8 atom stereocenters. The minimum Gasteiger partial charge on any atom is -0.508 e. The van der Waals surface area contributed by atoms with Crippen LogP contribution in [0.1, 0.15) is 62.1 Å². The largest absolute Gasteiger partial charge is 0.508 e. The first kappa shape index (κ1) is 51.8. The molecule has 6 rings (SSSR count). The Morgan fingerprint density at radius 3 is 1.57 bits per heavy atom. The fourth-order valence-corrected chi connectivity index (χ4v) is 8.93. The van der Waals surface area contributed by atoms with Crippen LogP contribution in [0.5, 0.6) is 5.75 Å². The Morgan fingerprint density at radius 2 is 1.01 bits per heavy atom. The number of aliphatic imine (C=N–C) groups is 1. The summed E-state index contributed by atoms with van der Waals surface area (Å²) in [7, 11) is 0. The molecule has 13 N–H and O–H groups in total. The van der Waals surface area contributed by atoms with Crippen LogP contribution in [-0.2, 0) is 57.6 Å². The molecular weight excluding hydrogens is 901 g/mol. The maximum absolute atomic E-state index is 14.6.